The van der Waals surface area contributed by atoms with Crippen LogP contribution >= 0.6 is 22.7 Å². The van der Waals surface area contributed by atoms with Crippen LogP contribution in [0.3, 0.4) is 0 Å². The Kier molecular flexibility index (Phi) is 9.83. The molecule has 0 radical (unpaired) electrons. The molecule has 1 amide bonds. The monoisotopic (exact) mass is 653 g/mol. The molecule has 0 aliphatic carbocycles. The summed E-state index contributed by atoms with van der Waals surface area (Å²) >= 11 is 2.49. The van der Waals surface area contributed by atoms with Gasteiger partial charge in [0.1, 0.15) is 29.3 Å². The lowest BCUT2D eigenvalue weighted by atomic mass is 9.89. The van der Waals surface area contributed by atoms with Crippen LogP contribution in [0.1, 0.15) is 45.6 Å². The van der Waals surface area contributed by atoms with E-state index in [0.29, 0.717) is 60.9 Å². The highest BCUT2D eigenvalue weighted by Gasteiger charge is 2.41. The van der Waals surface area contributed by atoms with Crippen LogP contribution in [0.15, 0.2) is 46.6 Å². The highest BCUT2D eigenvalue weighted by molar-refractivity contribution is 7.16. The van der Waals surface area contributed by atoms with E-state index in [4.69, 9.17) is 9.47 Å². The second-order valence-electron chi connectivity index (χ2n) is 11.7. The Morgan fingerprint density at radius 3 is 2.76 bits per heavy atom. The Balaban J connectivity index is 0.887. The number of piperidine rings is 1. The molecule has 2 saturated heterocycles. The molecule has 4 N–H and O–H groups in total. The number of carbonyl (C=O) groups excluding carboxylic acids is 1. The van der Waals surface area contributed by atoms with E-state index in [1.807, 2.05) is 29.3 Å². The van der Waals surface area contributed by atoms with E-state index in [1.165, 1.54) is 17.4 Å². The van der Waals surface area contributed by atoms with Crippen molar-refractivity contribution in [3.8, 4) is 11.5 Å². The largest absolute Gasteiger partial charge is 0.506 e. The van der Waals surface area contributed by atoms with Crippen molar-refractivity contribution < 1.29 is 24.5 Å². The third-order valence-corrected chi connectivity index (χ3v) is 10.3. The van der Waals surface area contributed by atoms with Gasteiger partial charge >= 0.3 is 4.87 Å². The third-order valence-electron chi connectivity index (χ3n) is 8.62. The summed E-state index contributed by atoms with van der Waals surface area (Å²) in [6, 6.07) is 11.2. The summed E-state index contributed by atoms with van der Waals surface area (Å²) in [6.07, 6.45) is 1.77. The topological polar surface area (TPSA) is 140 Å². The maximum atomic E-state index is 12.9. The van der Waals surface area contributed by atoms with Crippen molar-refractivity contribution in [3.63, 3.8) is 0 Å². The maximum Gasteiger partial charge on any atom is 0.305 e. The number of aromatic hydroxyl groups is 1. The second kappa shape index (κ2) is 14.0. The Labute approximate surface area is 269 Å². The zero-order valence-corrected chi connectivity index (χ0v) is 26.9. The molecule has 4 heterocycles. The number of phenolic OH excluding ortho intramolecular Hbond substituents is 1. The number of carbonyl (C=O) groups is 1. The molecule has 11 nitrogen and oxygen atoms in total. The highest BCUT2D eigenvalue weighted by Crippen LogP contribution is 2.32. The smallest absolute Gasteiger partial charge is 0.305 e. The molecule has 1 spiro atoms. The zero-order chi connectivity index (χ0) is 31.4. The standard InChI is InChI=1S/C32H39N5O6S2/c1-21-34-25(19-44-21)30(40)37-15-17-43-32(20-37)9-12-36(13-10-32)14-16-42-23-4-2-22(3-5-23)8-11-33-18-27(39)24-6-7-26(38)28-29(24)45-31(41)35-28/h2-7,19,27,33,38-39H,8-18,20H2,1H3,(H,35,41)/t27-/m0/s1. The number of nitrogens with zero attached hydrogens (tertiary/aromatic N) is 3. The molecule has 2 fully saturated rings. The summed E-state index contributed by atoms with van der Waals surface area (Å²) in [5.74, 6) is 0.836. The van der Waals surface area contributed by atoms with Crippen LogP contribution in [0.2, 0.25) is 0 Å². The number of nitrogens with one attached hydrogen (secondary N) is 2. The van der Waals surface area contributed by atoms with Crippen LogP contribution < -0.4 is 14.9 Å². The van der Waals surface area contributed by atoms with Crippen molar-refractivity contribution in [2.45, 2.75) is 37.9 Å². The molecule has 240 valence electrons. The Morgan fingerprint density at radius 1 is 1.20 bits per heavy atom. The quantitative estimate of drug-likeness (QED) is 0.180. The number of morpholine rings is 1. The highest BCUT2D eigenvalue weighted by atomic mass is 32.1. The number of fused-ring (bicyclic) bond motifs is 1. The van der Waals surface area contributed by atoms with Crippen molar-refractivity contribution >= 4 is 38.8 Å². The van der Waals surface area contributed by atoms with Gasteiger partial charge in [-0.25, -0.2) is 4.98 Å². The van der Waals surface area contributed by atoms with Gasteiger partial charge in [0.15, 0.2) is 0 Å². The molecule has 2 aliphatic rings. The number of aromatic amines is 1. The van der Waals surface area contributed by atoms with Crippen molar-refractivity contribution in [2.24, 2.45) is 0 Å². The fraction of sp³-hybridized carbons (Fsp3) is 0.469. The number of hydrogen-bond acceptors (Lipinski definition) is 11. The fourth-order valence-electron chi connectivity index (χ4n) is 6.06. The third kappa shape index (κ3) is 7.56. The van der Waals surface area contributed by atoms with Gasteiger partial charge in [0.2, 0.25) is 0 Å². The van der Waals surface area contributed by atoms with E-state index in [2.05, 4.69) is 32.3 Å². The number of aliphatic hydroxyl groups excluding tert-OH is 1. The van der Waals surface area contributed by atoms with Gasteiger partial charge in [-0.1, -0.05) is 29.5 Å². The SMILES string of the molecule is Cc1nc(C(=O)N2CCOC3(CCN(CCOc4ccc(CCNC[C@H](O)c5ccc(O)c6[nH]c(=O)sc56)cc4)CC3)C2)cs1. The fourth-order valence-corrected chi connectivity index (χ4v) is 7.56. The van der Waals surface area contributed by atoms with Gasteiger partial charge < -0.3 is 34.9 Å². The molecule has 0 bridgehead atoms. The average molecular weight is 654 g/mol. The number of benzene rings is 2. The molecule has 0 unspecified atom stereocenters. The Morgan fingerprint density at radius 2 is 2.00 bits per heavy atom. The number of ether oxygens (including phenoxy) is 2. The molecule has 0 saturated carbocycles. The van der Waals surface area contributed by atoms with Crippen LogP contribution in [0.5, 0.6) is 11.5 Å². The predicted molar refractivity (Wildman–Crippen MR) is 175 cm³/mol. The van der Waals surface area contributed by atoms with Crippen molar-refractivity contribution in [2.75, 3.05) is 59.0 Å². The summed E-state index contributed by atoms with van der Waals surface area (Å²) in [6.45, 7) is 7.97. The van der Waals surface area contributed by atoms with Crippen LogP contribution in [-0.2, 0) is 11.2 Å². The minimum atomic E-state index is -0.798. The van der Waals surface area contributed by atoms with E-state index in [-0.39, 0.29) is 22.1 Å². The molecule has 2 aromatic heterocycles. The Hall–Kier alpha value is -3.33. The van der Waals surface area contributed by atoms with E-state index in [0.717, 1.165) is 66.6 Å². The number of aliphatic hydroxyl groups is 1. The minimum Gasteiger partial charge on any atom is -0.506 e. The number of thiazole rings is 2. The van der Waals surface area contributed by atoms with Crippen LogP contribution in [-0.4, -0.2) is 101 Å². The van der Waals surface area contributed by atoms with E-state index in [9.17, 15) is 19.8 Å². The van der Waals surface area contributed by atoms with Gasteiger partial charge in [0.25, 0.3) is 5.91 Å². The van der Waals surface area contributed by atoms with E-state index >= 15 is 0 Å². The number of aromatic nitrogens is 2. The normalized spacial score (nSPS) is 17.6. The molecular formula is C32H39N5O6S2. The van der Waals surface area contributed by atoms with Gasteiger partial charge in [0, 0.05) is 43.7 Å². The number of H-pyrrole nitrogens is 1. The summed E-state index contributed by atoms with van der Waals surface area (Å²) in [4.78, 5) is 35.7. The van der Waals surface area contributed by atoms with Crippen LogP contribution in [0, 0.1) is 6.92 Å². The molecule has 13 heteroatoms. The number of likely N-dealkylation sites (tertiary alicyclic amines) is 1. The number of rotatable bonds is 11. The summed E-state index contributed by atoms with van der Waals surface area (Å²) in [7, 11) is 0. The minimum absolute atomic E-state index is 0.000831. The van der Waals surface area contributed by atoms with Crippen molar-refractivity contribution in [1.29, 1.82) is 0 Å². The molecule has 2 aliphatic heterocycles. The van der Waals surface area contributed by atoms with Gasteiger partial charge in [-0.15, -0.1) is 11.3 Å². The van der Waals surface area contributed by atoms with Gasteiger partial charge in [-0.3, -0.25) is 14.5 Å². The molecule has 6 rings (SSSR count). The van der Waals surface area contributed by atoms with E-state index in [1.54, 1.807) is 6.07 Å². The number of aryl methyl sites for hydroxylation is 1. The first-order chi connectivity index (χ1) is 21.8. The lowest BCUT2D eigenvalue weighted by Crippen LogP contribution is -2.58. The molecule has 1 atom stereocenters. The predicted octanol–water partition coefficient (Wildman–Crippen LogP) is 3.31. The van der Waals surface area contributed by atoms with Gasteiger partial charge in [-0.05, 0) is 56.5 Å². The number of hydrogen-bond donors (Lipinski definition) is 4. The molecular weight excluding hydrogens is 615 g/mol. The molecule has 45 heavy (non-hydrogen) atoms. The summed E-state index contributed by atoms with van der Waals surface area (Å²) < 4.78 is 12.9. The number of amides is 1. The average Bonchev–Trinajstić information content (AvgIpc) is 3.66. The van der Waals surface area contributed by atoms with Gasteiger partial charge in [0.05, 0.1) is 34.6 Å². The lowest BCUT2D eigenvalue weighted by molar-refractivity contribution is -0.127. The first kappa shape index (κ1) is 31.6. The zero-order valence-electron chi connectivity index (χ0n) is 25.3. The second-order valence-corrected chi connectivity index (χ2v) is 13.8. The van der Waals surface area contributed by atoms with Crippen LogP contribution in [0.4, 0.5) is 0 Å². The van der Waals surface area contributed by atoms with Crippen molar-refractivity contribution in [1.82, 2.24) is 25.1 Å². The molecule has 2 aromatic carbocycles. The van der Waals surface area contributed by atoms with Crippen LogP contribution in [0.25, 0.3) is 10.2 Å². The summed E-state index contributed by atoms with van der Waals surface area (Å²) in [5.41, 5.74) is 2.41. The first-order valence-corrected chi connectivity index (χ1v) is 17.0. The number of phenols is 1. The van der Waals surface area contributed by atoms with E-state index < -0.39 is 6.10 Å². The summed E-state index contributed by atoms with van der Waals surface area (Å²) in [5, 5.41) is 26.7. The maximum absolute atomic E-state index is 12.9. The van der Waals surface area contributed by atoms with Gasteiger partial charge in [-0.2, -0.15) is 0 Å². The molecule has 4 aromatic rings. The van der Waals surface area contributed by atoms with Crippen molar-refractivity contribution in [3.05, 3.63) is 73.3 Å². The Bertz CT molecular complexity index is 1660. The first-order valence-electron chi connectivity index (χ1n) is 15.3. The lowest BCUT2D eigenvalue weighted by Gasteiger charge is -2.47.